The summed E-state index contributed by atoms with van der Waals surface area (Å²) in [6, 6.07) is 6.38. The number of pyridine rings is 1. The smallest absolute Gasteiger partial charge is 0.351 e. The van der Waals surface area contributed by atoms with Crippen molar-refractivity contribution in [1.29, 1.82) is 0 Å². The number of rotatable bonds is 2. The fourth-order valence-electron chi connectivity index (χ4n) is 2.19. The Morgan fingerprint density at radius 2 is 2.05 bits per heavy atom. The van der Waals surface area contributed by atoms with Crippen LogP contribution in [0.1, 0.15) is 17.3 Å². The Kier molecular flexibility index (Phi) is 3.58. The van der Waals surface area contributed by atoms with Gasteiger partial charge in [-0.05, 0) is 31.2 Å². The second-order valence-corrected chi connectivity index (χ2v) is 5.47. The molecule has 0 aliphatic rings. The highest BCUT2D eigenvalue weighted by atomic mass is 79.9. The number of esters is 1. The second kappa shape index (κ2) is 5.42. The number of ether oxygens (including phenoxy) is 1. The van der Waals surface area contributed by atoms with Crippen molar-refractivity contribution in [2.45, 2.75) is 6.92 Å². The largest absolute Gasteiger partial charge is 0.462 e. The van der Waals surface area contributed by atoms with E-state index < -0.39 is 17.2 Å². The lowest BCUT2D eigenvalue weighted by molar-refractivity contribution is 0.0522. The first-order valence-electron chi connectivity index (χ1n) is 6.47. The van der Waals surface area contributed by atoms with E-state index in [1.54, 1.807) is 25.1 Å². The zero-order chi connectivity index (χ0) is 15.9. The number of aromatic nitrogens is 1. The molecule has 0 aliphatic carbocycles. The van der Waals surface area contributed by atoms with Gasteiger partial charge in [0.25, 0.3) is 5.56 Å². The van der Waals surface area contributed by atoms with E-state index >= 15 is 0 Å². The molecule has 0 bridgehead atoms. The van der Waals surface area contributed by atoms with Gasteiger partial charge >= 0.3 is 11.6 Å². The standard InChI is InChI=1S/C15H10BrNO5/c1-2-21-14(19)10-6-9-12(22-15(10)20)8-5-7(16)3-4-11(8)17-13(9)18/h3-6H,2H2,1H3,(H,17,18). The van der Waals surface area contributed by atoms with Crippen molar-refractivity contribution in [3.8, 4) is 0 Å². The van der Waals surface area contributed by atoms with Crippen molar-refractivity contribution >= 4 is 43.8 Å². The Morgan fingerprint density at radius 1 is 1.27 bits per heavy atom. The van der Waals surface area contributed by atoms with E-state index in [4.69, 9.17) is 9.15 Å². The molecule has 1 aromatic carbocycles. The van der Waals surface area contributed by atoms with Crippen LogP contribution in [0.25, 0.3) is 21.9 Å². The monoisotopic (exact) mass is 363 g/mol. The predicted octanol–water partition coefficient (Wildman–Crippen LogP) is 2.57. The molecule has 22 heavy (non-hydrogen) atoms. The van der Waals surface area contributed by atoms with Gasteiger partial charge in [-0.15, -0.1) is 0 Å². The molecule has 0 aliphatic heterocycles. The quantitative estimate of drug-likeness (QED) is 0.558. The van der Waals surface area contributed by atoms with Crippen molar-refractivity contribution < 1.29 is 13.9 Å². The highest BCUT2D eigenvalue weighted by Gasteiger charge is 2.17. The summed E-state index contributed by atoms with van der Waals surface area (Å²) in [4.78, 5) is 38.6. The molecule has 0 unspecified atom stereocenters. The Morgan fingerprint density at radius 3 is 2.77 bits per heavy atom. The van der Waals surface area contributed by atoms with Crippen LogP contribution in [0.5, 0.6) is 0 Å². The summed E-state index contributed by atoms with van der Waals surface area (Å²) >= 11 is 3.33. The van der Waals surface area contributed by atoms with Crippen LogP contribution in [-0.2, 0) is 4.74 Å². The number of H-pyrrole nitrogens is 1. The number of fused-ring (bicyclic) bond motifs is 3. The fourth-order valence-corrected chi connectivity index (χ4v) is 2.56. The summed E-state index contributed by atoms with van der Waals surface area (Å²) in [6.07, 6.45) is 0. The van der Waals surface area contributed by atoms with E-state index in [1.165, 1.54) is 6.07 Å². The maximum absolute atomic E-state index is 12.1. The van der Waals surface area contributed by atoms with Crippen LogP contribution >= 0.6 is 15.9 Å². The van der Waals surface area contributed by atoms with E-state index in [0.29, 0.717) is 10.9 Å². The average molecular weight is 364 g/mol. The lowest BCUT2D eigenvalue weighted by Crippen LogP contribution is -2.18. The molecule has 0 atom stereocenters. The van der Waals surface area contributed by atoms with Crippen molar-refractivity contribution in [1.82, 2.24) is 4.98 Å². The molecule has 2 heterocycles. The first kappa shape index (κ1) is 14.5. The van der Waals surface area contributed by atoms with Gasteiger partial charge in [-0.3, -0.25) is 4.79 Å². The number of carbonyl (C=O) groups is 1. The number of benzene rings is 1. The van der Waals surface area contributed by atoms with Gasteiger partial charge in [-0.2, -0.15) is 0 Å². The molecular weight excluding hydrogens is 354 g/mol. The van der Waals surface area contributed by atoms with Gasteiger partial charge < -0.3 is 14.1 Å². The number of hydrogen-bond acceptors (Lipinski definition) is 5. The molecular formula is C15H10BrNO5. The van der Waals surface area contributed by atoms with E-state index in [0.717, 1.165) is 4.47 Å². The van der Waals surface area contributed by atoms with Crippen LogP contribution in [0.3, 0.4) is 0 Å². The van der Waals surface area contributed by atoms with Gasteiger partial charge in [0.05, 0.1) is 17.5 Å². The van der Waals surface area contributed by atoms with Gasteiger partial charge in [0.2, 0.25) is 0 Å². The zero-order valence-electron chi connectivity index (χ0n) is 11.4. The molecule has 0 radical (unpaired) electrons. The van der Waals surface area contributed by atoms with Gasteiger partial charge in [0.15, 0.2) is 5.58 Å². The average Bonchev–Trinajstić information content (AvgIpc) is 2.48. The first-order valence-corrected chi connectivity index (χ1v) is 7.27. The van der Waals surface area contributed by atoms with Crippen molar-refractivity contribution in [2.75, 3.05) is 6.61 Å². The zero-order valence-corrected chi connectivity index (χ0v) is 13.0. The SMILES string of the molecule is CCOC(=O)c1cc2c(=O)[nH]c3ccc(Br)cc3c2oc1=O. The third-order valence-electron chi connectivity index (χ3n) is 3.16. The number of halogens is 1. The van der Waals surface area contributed by atoms with E-state index in [1.807, 2.05) is 0 Å². The molecule has 112 valence electrons. The summed E-state index contributed by atoms with van der Waals surface area (Å²) in [5.41, 5.74) is -0.906. The van der Waals surface area contributed by atoms with Gasteiger partial charge in [-0.25, -0.2) is 9.59 Å². The number of carbonyl (C=O) groups excluding carboxylic acids is 1. The fraction of sp³-hybridized carbons (Fsp3) is 0.133. The Labute approximate surface area is 131 Å². The lowest BCUT2D eigenvalue weighted by Gasteiger charge is -2.05. The molecule has 7 heteroatoms. The van der Waals surface area contributed by atoms with Crippen LogP contribution in [0.15, 0.2) is 42.7 Å². The maximum Gasteiger partial charge on any atom is 0.351 e. The van der Waals surface area contributed by atoms with Crippen LogP contribution in [0, 0.1) is 0 Å². The van der Waals surface area contributed by atoms with E-state index in [2.05, 4.69) is 20.9 Å². The maximum atomic E-state index is 12.1. The molecule has 3 aromatic rings. The van der Waals surface area contributed by atoms with Gasteiger partial charge in [0, 0.05) is 9.86 Å². The van der Waals surface area contributed by atoms with Crippen LogP contribution in [-0.4, -0.2) is 17.6 Å². The van der Waals surface area contributed by atoms with Gasteiger partial charge in [0.1, 0.15) is 5.56 Å². The Bertz CT molecular complexity index is 1020. The molecule has 0 fully saturated rings. The molecule has 0 saturated heterocycles. The number of aromatic amines is 1. The lowest BCUT2D eigenvalue weighted by atomic mass is 10.1. The molecule has 6 nitrogen and oxygen atoms in total. The Hall–Kier alpha value is -2.41. The first-order chi connectivity index (χ1) is 10.5. The summed E-state index contributed by atoms with van der Waals surface area (Å²) in [5, 5.41) is 0.685. The third kappa shape index (κ3) is 2.33. The van der Waals surface area contributed by atoms with Crippen LogP contribution in [0.2, 0.25) is 0 Å². The van der Waals surface area contributed by atoms with Crippen molar-refractivity contribution in [3.63, 3.8) is 0 Å². The van der Waals surface area contributed by atoms with E-state index in [-0.39, 0.29) is 23.1 Å². The predicted molar refractivity (Wildman–Crippen MR) is 84.3 cm³/mol. The summed E-state index contributed by atoms with van der Waals surface area (Å²) < 4.78 is 10.8. The van der Waals surface area contributed by atoms with Gasteiger partial charge in [-0.1, -0.05) is 15.9 Å². The normalized spacial score (nSPS) is 11.0. The minimum atomic E-state index is -0.835. The molecule has 2 aromatic heterocycles. The third-order valence-corrected chi connectivity index (χ3v) is 3.66. The number of nitrogens with one attached hydrogen (secondary N) is 1. The second-order valence-electron chi connectivity index (χ2n) is 4.55. The highest BCUT2D eigenvalue weighted by molar-refractivity contribution is 9.10. The Balaban J connectivity index is 2.41. The minimum absolute atomic E-state index is 0.119. The topological polar surface area (TPSA) is 89.4 Å². The molecule has 3 rings (SSSR count). The van der Waals surface area contributed by atoms with Crippen LogP contribution < -0.4 is 11.2 Å². The highest BCUT2D eigenvalue weighted by Crippen LogP contribution is 2.24. The summed E-state index contributed by atoms with van der Waals surface area (Å²) in [5.74, 6) is -0.813. The van der Waals surface area contributed by atoms with Crippen molar-refractivity contribution in [2.24, 2.45) is 0 Å². The van der Waals surface area contributed by atoms with E-state index in [9.17, 15) is 14.4 Å². The number of hydrogen-bond donors (Lipinski definition) is 1. The summed E-state index contributed by atoms with van der Waals surface area (Å²) in [7, 11) is 0. The minimum Gasteiger partial charge on any atom is -0.462 e. The summed E-state index contributed by atoms with van der Waals surface area (Å²) in [6.45, 7) is 1.75. The molecule has 0 spiro atoms. The molecule has 1 N–H and O–H groups in total. The molecule has 0 saturated carbocycles. The molecule has 0 amide bonds. The van der Waals surface area contributed by atoms with Crippen molar-refractivity contribution in [3.05, 3.63) is 55.1 Å². The van der Waals surface area contributed by atoms with Crippen LogP contribution in [0.4, 0.5) is 0 Å².